The Labute approximate surface area is 164 Å². The second kappa shape index (κ2) is 7.75. The molecule has 1 saturated carbocycles. The Bertz CT molecular complexity index is 997. The number of aliphatic hydroxyl groups is 1. The third kappa shape index (κ3) is 4.52. The van der Waals surface area contributed by atoms with Crippen molar-refractivity contribution < 1.29 is 9.90 Å². The Morgan fingerprint density at radius 2 is 2.00 bits per heavy atom. The molecule has 1 aromatic carbocycles. The number of thioether (sulfide) groups is 1. The van der Waals surface area contributed by atoms with Gasteiger partial charge in [0.05, 0.1) is 12.3 Å². The number of nitrogens with zero attached hydrogens (tertiary/aromatic N) is 2. The van der Waals surface area contributed by atoms with E-state index in [2.05, 4.69) is 27.4 Å². The second-order valence-electron chi connectivity index (χ2n) is 6.37. The molecule has 2 aromatic heterocycles. The number of aliphatic hydroxyl groups excluding tert-OH is 1. The molecule has 0 bridgehead atoms. The van der Waals surface area contributed by atoms with Crippen LogP contribution in [0.4, 0.5) is 5.13 Å². The van der Waals surface area contributed by atoms with Crippen molar-refractivity contribution in [3.8, 4) is 0 Å². The van der Waals surface area contributed by atoms with E-state index in [1.165, 1.54) is 29.1 Å². The zero-order chi connectivity index (χ0) is 18.8. The van der Waals surface area contributed by atoms with Crippen LogP contribution in [0.5, 0.6) is 0 Å². The van der Waals surface area contributed by atoms with E-state index in [9.17, 15) is 4.79 Å². The van der Waals surface area contributed by atoms with Gasteiger partial charge >= 0.3 is 0 Å². The van der Waals surface area contributed by atoms with Crippen molar-refractivity contribution in [2.75, 3.05) is 5.32 Å². The summed E-state index contributed by atoms with van der Waals surface area (Å²) in [6.45, 7) is -0.141. The zero-order valence-electron chi connectivity index (χ0n) is 14.4. The van der Waals surface area contributed by atoms with Crippen LogP contribution >= 0.6 is 23.1 Å². The van der Waals surface area contributed by atoms with E-state index in [-0.39, 0.29) is 18.7 Å². The van der Waals surface area contributed by atoms with E-state index in [1.807, 2.05) is 23.9 Å². The lowest BCUT2D eigenvalue weighted by molar-refractivity contribution is -0.110. The summed E-state index contributed by atoms with van der Waals surface area (Å²) < 4.78 is 0. The number of rotatable bonds is 7. The molecule has 8 heteroatoms. The minimum atomic E-state index is -0.465. The molecule has 4 rings (SSSR count). The van der Waals surface area contributed by atoms with Gasteiger partial charge < -0.3 is 5.11 Å². The maximum absolute atomic E-state index is 12.3. The van der Waals surface area contributed by atoms with Crippen LogP contribution in [0, 0.1) is 5.41 Å². The smallest absolute Gasteiger partial charge is 0.271 e. The molecule has 3 N–H and O–H groups in total. The average Bonchev–Trinajstić information content (AvgIpc) is 3.39. The first-order valence-electron chi connectivity index (χ1n) is 8.62. The van der Waals surface area contributed by atoms with E-state index in [4.69, 9.17) is 10.5 Å². The Balaban J connectivity index is 1.37. The maximum Gasteiger partial charge on any atom is 0.271 e. The van der Waals surface area contributed by atoms with Gasteiger partial charge in [0.1, 0.15) is 16.1 Å². The third-order valence-electron chi connectivity index (χ3n) is 4.10. The number of nitrogens with one attached hydrogen (secondary N) is 2. The number of anilines is 1. The number of amides is 1. The van der Waals surface area contributed by atoms with Crippen LogP contribution in [0.15, 0.2) is 41.3 Å². The van der Waals surface area contributed by atoms with Gasteiger partial charge in [-0.3, -0.25) is 15.5 Å². The van der Waals surface area contributed by atoms with E-state index in [0.29, 0.717) is 21.2 Å². The topological polar surface area (TPSA) is 99.0 Å². The third-order valence-corrected chi connectivity index (χ3v) is 6.33. The molecule has 2 heterocycles. The van der Waals surface area contributed by atoms with E-state index >= 15 is 0 Å². The van der Waals surface area contributed by atoms with Gasteiger partial charge in [0.25, 0.3) is 5.91 Å². The molecule has 6 nitrogen and oxygen atoms in total. The SMILES string of the molecule is N=C(Cc1ccc(SC2CC2)cc1)C(=O)Nc1nc2ccc(CO)nc2s1. The molecule has 0 spiro atoms. The first-order chi connectivity index (χ1) is 13.1. The normalized spacial score (nSPS) is 13.7. The van der Waals surface area contributed by atoms with Crippen LogP contribution in [0.3, 0.4) is 0 Å². The van der Waals surface area contributed by atoms with Crippen molar-refractivity contribution in [1.82, 2.24) is 9.97 Å². The fraction of sp³-hybridized carbons (Fsp3) is 0.263. The second-order valence-corrected chi connectivity index (χ2v) is 8.73. The van der Waals surface area contributed by atoms with Crippen molar-refractivity contribution in [3.05, 3.63) is 47.7 Å². The largest absolute Gasteiger partial charge is 0.390 e. The van der Waals surface area contributed by atoms with Crippen LogP contribution in [0.2, 0.25) is 0 Å². The molecule has 27 heavy (non-hydrogen) atoms. The van der Waals surface area contributed by atoms with Gasteiger partial charge in [0.15, 0.2) is 5.13 Å². The van der Waals surface area contributed by atoms with Gasteiger partial charge in [-0.05, 0) is 42.7 Å². The van der Waals surface area contributed by atoms with Gasteiger partial charge in [-0.1, -0.05) is 23.5 Å². The molecule has 1 aliphatic carbocycles. The molecule has 1 fully saturated rings. The first-order valence-corrected chi connectivity index (χ1v) is 10.3. The molecular formula is C19H18N4O2S2. The summed E-state index contributed by atoms with van der Waals surface area (Å²) in [5.74, 6) is -0.465. The monoisotopic (exact) mass is 398 g/mol. The average molecular weight is 399 g/mol. The van der Waals surface area contributed by atoms with Crippen LogP contribution < -0.4 is 5.32 Å². The lowest BCUT2D eigenvalue weighted by Crippen LogP contribution is -2.23. The van der Waals surface area contributed by atoms with E-state index in [0.717, 1.165) is 10.8 Å². The molecule has 0 aliphatic heterocycles. The highest BCUT2D eigenvalue weighted by Gasteiger charge is 2.22. The molecule has 0 unspecified atom stereocenters. The van der Waals surface area contributed by atoms with Crippen LogP contribution in [-0.4, -0.2) is 31.9 Å². The molecule has 0 atom stereocenters. The van der Waals surface area contributed by atoms with Crippen molar-refractivity contribution in [2.24, 2.45) is 0 Å². The summed E-state index contributed by atoms with van der Waals surface area (Å²) in [5, 5.41) is 21.0. The molecular weight excluding hydrogens is 380 g/mol. The minimum Gasteiger partial charge on any atom is -0.390 e. The fourth-order valence-electron chi connectivity index (χ4n) is 2.52. The van der Waals surface area contributed by atoms with Crippen molar-refractivity contribution in [1.29, 1.82) is 5.41 Å². The highest BCUT2D eigenvalue weighted by Crippen LogP contribution is 2.39. The summed E-state index contributed by atoms with van der Waals surface area (Å²) in [6, 6.07) is 11.5. The molecule has 3 aromatic rings. The fourth-order valence-corrected chi connectivity index (χ4v) is 4.42. The zero-order valence-corrected chi connectivity index (χ0v) is 16.1. The quantitative estimate of drug-likeness (QED) is 0.528. The highest BCUT2D eigenvalue weighted by molar-refractivity contribution is 8.00. The number of pyridine rings is 1. The highest BCUT2D eigenvalue weighted by atomic mass is 32.2. The lowest BCUT2D eigenvalue weighted by atomic mass is 10.1. The molecule has 1 aliphatic rings. The summed E-state index contributed by atoms with van der Waals surface area (Å²) in [5.41, 5.74) is 2.14. The van der Waals surface area contributed by atoms with Crippen LogP contribution in [0.25, 0.3) is 10.3 Å². The molecule has 138 valence electrons. The molecule has 1 amide bonds. The number of fused-ring (bicyclic) bond motifs is 1. The first kappa shape index (κ1) is 18.1. The summed E-state index contributed by atoms with van der Waals surface area (Å²) in [4.78, 5) is 22.8. The van der Waals surface area contributed by atoms with Crippen molar-refractivity contribution in [3.63, 3.8) is 0 Å². The maximum atomic E-state index is 12.3. The number of benzene rings is 1. The van der Waals surface area contributed by atoms with Crippen LogP contribution in [-0.2, 0) is 17.8 Å². The number of aromatic nitrogens is 2. The van der Waals surface area contributed by atoms with Gasteiger partial charge in [-0.25, -0.2) is 9.97 Å². The standard InChI is InChI=1S/C19H18N4O2S2/c20-15(9-11-1-4-13(5-2-11)26-14-6-7-14)17(25)23-19-22-16-8-3-12(10-24)21-18(16)27-19/h1-5,8,14,20,24H,6-7,9-10H2,(H,22,23,25). The Morgan fingerprint density at radius 3 is 2.70 bits per heavy atom. The predicted octanol–water partition coefficient (Wildman–Crippen LogP) is 3.64. The van der Waals surface area contributed by atoms with Crippen molar-refractivity contribution in [2.45, 2.75) is 36.0 Å². The number of thiazole rings is 1. The predicted molar refractivity (Wildman–Crippen MR) is 109 cm³/mol. The number of carbonyl (C=O) groups excluding carboxylic acids is 1. The van der Waals surface area contributed by atoms with Gasteiger partial charge in [-0.2, -0.15) is 0 Å². The Kier molecular flexibility index (Phi) is 5.20. The van der Waals surface area contributed by atoms with E-state index in [1.54, 1.807) is 12.1 Å². The van der Waals surface area contributed by atoms with Crippen LogP contribution in [0.1, 0.15) is 24.1 Å². The van der Waals surface area contributed by atoms with Gasteiger partial charge in [0.2, 0.25) is 0 Å². The summed E-state index contributed by atoms with van der Waals surface area (Å²) in [6.07, 6.45) is 2.86. The van der Waals surface area contributed by atoms with Crippen molar-refractivity contribution >= 4 is 50.2 Å². The molecule has 0 saturated heterocycles. The van der Waals surface area contributed by atoms with E-state index < -0.39 is 5.91 Å². The summed E-state index contributed by atoms with van der Waals surface area (Å²) >= 11 is 3.12. The van der Waals surface area contributed by atoms with Gasteiger partial charge in [-0.15, -0.1) is 11.8 Å². The number of hydrogen-bond donors (Lipinski definition) is 3. The number of hydrogen-bond acceptors (Lipinski definition) is 7. The number of carbonyl (C=O) groups is 1. The summed E-state index contributed by atoms with van der Waals surface area (Å²) in [7, 11) is 0. The Morgan fingerprint density at radius 1 is 1.22 bits per heavy atom. The van der Waals surface area contributed by atoms with Gasteiger partial charge in [0, 0.05) is 16.6 Å². The minimum absolute atomic E-state index is 0.0131. The molecule has 0 radical (unpaired) electrons. The Hall–Kier alpha value is -2.29. The lowest BCUT2D eigenvalue weighted by Gasteiger charge is -2.05.